The van der Waals surface area contributed by atoms with Gasteiger partial charge in [-0.2, -0.15) is 4.98 Å². The van der Waals surface area contributed by atoms with Gasteiger partial charge in [-0.1, -0.05) is 18.1 Å². The van der Waals surface area contributed by atoms with Gasteiger partial charge < -0.3 is 18.9 Å². The second-order valence-corrected chi connectivity index (χ2v) is 6.62. The monoisotopic (exact) mass is 373 g/mol. The zero-order valence-corrected chi connectivity index (χ0v) is 16.2. The van der Waals surface area contributed by atoms with Crippen molar-refractivity contribution < 1.29 is 18.8 Å². The minimum absolute atomic E-state index is 0.0373. The van der Waals surface area contributed by atoms with Crippen LogP contribution in [0.3, 0.4) is 0 Å². The van der Waals surface area contributed by atoms with Crippen molar-refractivity contribution in [1.82, 2.24) is 15.0 Å². The van der Waals surface area contributed by atoms with Crippen molar-refractivity contribution in [2.24, 2.45) is 0 Å². The molecule has 146 valence electrons. The van der Waals surface area contributed by atoms with Crippen LogP contribution in [0.15, 0.2) is 22.7 Å². The van der Waals surface area contributed by atoms with Crippen LogP contribution in [0.25, 0.3) is 0 Å². The van der Waals surface area contributed by atoms with Gasteiger partial charge in [0.25, 0.3) is 0 Å². The zero-order valence-electron chi connectivity index (χ0n) is 16.2. The summed E-state index contributed by atoms with van der Waals surface area (Å²) in [5.41, 5.74) is 1.01. The minimum Gasteiger partial charge on any atom is -0.490 e. The van der Waals surface area contributed by atoms with E-state index in [1.165, 1.54) is 0 Å². The molecule has 7 nitrogen and oxygen atoms in total. The molecule has 0 spiro atoms. The van der Waals surface area contributed by atoms with Crippen LogP contribution in [-0.2, 0) is 17.8 Å². The second-order valence-electron chi connectivity index (χ2n) is 6.62. The predicted octanol–water partition coefficient (Wildman–Crippen LogP) is 3.34. The number of ether oxygens (including phenoxy) is 2. The van der Waals surface area contributed by atoms with Crippen LogP contribution in [0.2, 0.25) is 0 Å². The lowest BCUT2D eigenvalue weighted by Crippen LogP contribution is -2.24. The van der Waals surface area contributed by atoms with E-state index in [2.05, 4.69) is 17.1 Å². The first-order chi connectivity index (χ1) is 13.1. The maximum Gasteiger partial charge on any atom is 0.232 e. The Labute approximate surface area is 159 Å². The lowest BCUT2D eigenvalue weighted by Gasteiger charge is -2.18. The van der Waals surface area contributed by atoms with Crippen LogP contribution in [0.1, 0.15) is 56.8 Å². The van der Waals surface area contributed by atoms with Crippen molar-refractivity contribution in [3.63, 3.8) is 0 Å². The minimum atomic E-state index is -0.0373. The largest absolute Gasteiger partial charge is 0.490 e. The Morgan fingerprint density at radius 2 is 1.96 bits per heavy atom. The molecular weight excluding hydrogens is 346 g/mol. The molecule has 3 rings (SSSR count). The molecule has 1 saturated heterocycles. The van der Waals surface area contributed by atoms with E-state index in [9.17, 15) is 4.79 Å². The summed E-state index contributed by atoms with van der Waals surface area (Å²) in [6.07, 6.45) is 2.16. The molecule has 1 aliphatic heterocycles. The van der Waals surface area contributed by atoms with Crippen molar-refractivity contribution in [3.8, 4) is 11.5 Å². The van der Waals surface area contributed by atoms with Crippen LogP contribution in [0.5, 0.6) is 11.5 Å². The molecule has 1 aromatic heterocycles. The van der Waals surface area contributed by atoms with E-state index in [0.717, 1.165) is 24.2 Å². The second kappa shape index (κ2) is 8.88. The highest BCUT2D eigenvalue weighted by Crippen LogP contribution is 2.32. The number of nitrogens with zero attached hydrogens (tertiary/aromatic N) is 3. The van der Waals surface area contributed by atoms with Crippen molar-refractivity contribution in [2.75, 3.05) is 19.8 Å². The Kier molecular flexibility index (Phi) is 6.32. The lowest BCUT2D eigenvalue weighted by atomic mass is 10.1. The van der Waals surface area contributed by atoms with Crippen molar-refractivity contribution in [2.45, 2.75) is 52.5 Å². The summed E-state index contributed by atoms with van der Waals surface area (Å²) < 4.78 is 16.6. The predicted molar refractivity (Wildman–Crippen MR) is 99.8 cm³/mol. The van der Waals surface area contributed by atoms with E-state index >= 15 is 0 Å². The third-order valence-electron chi connectivity index (χ3n) is 4.50. The number of likely N-dealkylation sites (tertiary alicyclic amines) is 1. The number of aryl methyl sites for hydroxylation is 1. The number of amides is 1. The number of benzene rings is 1. The summed E-state index contributed by atoms with van der Waals surface area (Å²) in [5, 5.41) is 4.00. The van der Waals surface area contributed by atoms with Crippen LogP contribution >= 0.6 is 0 Å². The van der Waals surface area contributed by atoms with Crippen molar-refractivity contribution in [3.05, 3.63) is 35.5 Å². The summed E-state index contributed by atoms with van der Waals surface area (Å²) in [6.45, 7) is 8.21. The van der Waals surface area contributed by atoms with Gasteiger partial charge in [0, 0.05) is 25.9 Å². The molecule has 1 fully saturated rings. The summed E-state index contributed by atoms with van der Waals surface area (Å²) in [6, 6.07) is 5.82. The fourth-order valence-corrected chi connectivity index (χ4v) is 3.26. The number of rotatable bonds is 9. The first kappa shape index (κ1) is 19.2. The van der Waals surface area contributed by atoms with Crippen LogP contribution in [0, 0.1) is 0 Å². The van der Waals surface area contributed by atoms with Gasteiger partial charge in [-0.05, 0) is 38.0 Å². The molecule has 2 heterocycles. The molecule has 0 radical (unpaired) electrons. The van der Waals surface area contributed by atoms with Crippen molar-refractivity contribution in [1.29, 1.82) is 0 Å². The number of hydrogen-bond acceptors (Lipinski definition) is 6. The molecule has 1 aromatic carbocycles. The molecule has 27 heavy (non-hydrogen) atoms. The molecular formula is C20H27N3O4. The van der Waals surface area contributed by atoms with Crippen LogP contribution in [0.4, 0.5) is 0 Å². The molecule has 0 saturated carbocycles. The van der Waals surface area contributed by atoms with Gasteiger partial charge in [-0.3, -0.25) is 4.79 Å². The third kappa shape index (κ3) is 4.59. The summed E-state index contributed by atoms with van der Waals surface area (Å²) in [7, 11) is 0. The maximum absolute atomic E-state index is 12.5. The Balaban J connectivity index is 1.68. The highest BCUT2D eigenvalue weighted by atomic mass is 16.5. The van der Waals surface area contributed by atoms with E-state index in [1.807, 2.05) is 36.9 Å². The van der Waals surface area contributed by atoms with Crippen LogP contribution in [-0.4, -0.2) is 40.7 Å². The van der Waals surface area contributed by atoms with Gasteiger partial charge in [-0.25, -0.2) is 0 Å². The smallest absolute Gasteiger partial charge is 0.232 e. The molecule has 1 unspecified atom stereocenters. The summed E-state index contributed by atoms with van der Waals surface area (Å²) in [4.78, 5) is 18.7. The topological polar surface area (TPSA) is 77.7 Å². The van der Waals surface area contributed by atoms with Gasteiger partial charge in [0.05, 0.1) is 19.1 Å². The fourth-order valence-electron chi connectivity index (χ4n) is 3.26. The third-order valence-corrected chi connectivity index (χ3v) is 4.50. The standard InChI is InChI=1S/C20H27N3O4/c1-4-7-18-21-20(27-22-18)15-11-19(24)23(13-15)12-14-8-9-16(25-5-2)17(10-14)26-6-3/h8-10,15H,4-7,11-13H2,1-3H3. The summed E-state index contributed by atoms with van der Waals surface area (Å²) >= 11 is 0. The molecule has 2 aromatic rings. The van der Waals surface area contributed by atoms with E-state index in [-0.39, 0.29) is 11.8 Å². The number of carbonyl (C=O) groups excluding carboxylic acids is 1. The van der Waals surface area contributed by atoms with Crippen molar-refractivity contribution >= 4 is 5.91 Å². The maximum atomic E-state index is 12.5. The Morgan fingerprint density at radius 1 is 1.19 bits per heavy atom. The molecule has 0 N–H and O–H groups in total. The highest BCUT2D eigenvalue weighted by Gasteiger charge is 2.34. The number of carbonyl (C=O) groups is 1. The quantitative estimate of drug-likeness (QED) is 0.671. The average Bonchev–Trinajstić information content (AvgIpc) is 3.25. The van der Waals surface area contributed by atoms with E-state index in [0.29, 0.717) is 50.2 Å². The van der Waals surface area contributed by atoms with Gasteiger partial charge in [0.15, 0.2) is 17.3 Å². The molecule has 7 heteroatoms. The normalized spacial score (nSPS) is 16.8. The fraction of sp³-hybridized carbons (Fsp3) is 0.550. The summed E-state index contributed by atoms with van der Waals surface area (Å²) in [5.74, 6) is 2.78. The molecule has 1 amide bonds. The van der Waals surface area contributed by atoms with E-state index < -0.39 is 0 Å². The first-order valence-corrected chi connectivity index (χ1v) is 9.63. The molecule has 0 aliphatic carbocycles. The zero-order chi connectivity index (χ0) is 19.2. The van der Waals surface area contributed by atoms with E-state index in [4.69, 9.17) is 14.0 Å². The molecule has 1 atom stereocenters. The number of hydrogen-bond donors (Lipinski definition) is 0. The van der Waals surface area contributed by atoms with Gasteiger partial charge in [0.1, 0.15) is 0 Å². The van der Waals surface area contributed by atoms with Gasteiger partial charge in [0.2, 0.25) is 11.8 Å². The first-order valence-electron chi connectivity index (χ1n) is 9.63. The van der Waals surface area contributed by atoms with Crippen LogP contribution < -0.4 is 9.47 Å². The lowest BCUT2D eigenvalue weighted by molar-refractivity contribution is -0.128. The average molecular weight is 373 g/mol. The Morgan fingerprint density at radius 3 is 2.70 bits per heavy atom. The van der Waals surface area contributed by atoms with Gasteiger partial charge in [-0.15, -0.1) is 0 Å². The number of aromatic nitrogens is 2. The van der Waals surface area contributed by atoms with Gasteiger partial charge >= 0.3 is 0 Å². The SMILES string of the molecule is CCCc1noc(C2CC(=O)N(Cc3ccc(OCC)c(OCC)c3)C2)n1. The Hall–Kier alpha value is -2.57. The highest BCUT2D eigenvalue weighted by molar-refractivity contribution is 5.79. The molecule has 0 bridgehead atoms. The molecule has 1 aliphatic rings. The Bertz CT molecular complexity index is 774. The van der Waals surface area contributed by atoms with E-state index in [1.54, 1.807) is 0 Å².